The summed E-state index contributed by atoms with van der Waals surface area (Å²) < 4.78 is 0. The second-order valence-corrected chi connectivity index (χ2v) is 4.77. The fourth-order valence-corrected chi connectivity index (χ4v) is 1.57. The molecule has 0 spiro atoms. The zero-order valence-corrected chi connectivity index (χ0v) is 10.0. The molecule has 1 heterocycles. The van der Waals surface area contributed by atoms with Crippen LogP contribution in [0.5, 0.6) is 0 Å². The van der Waals surface area contributed by atoms with Gasteiger partial charge in [-0.3, -0.25) is 0 Å². The van der Waals surface area contributed by atoms with Crippen molar-refractivity contribution in [2.45, 2.75) is 20.4 Å². The molecule has 0 aromatic carbocycles. The summed E-state index contributed by atoms with van der Waals surface area (Å²) in [6.45, 7) is 5.91. The highest BCUT2D eigenvalue weighted by Crippen LogP contribution is 2.02. The van der Waals surface area contributed by atoms with Gasteiger partial charge < -0.3 is 10.6 Å². The van der Waals surface area contributed by atoms with Gasteiger partial charge in [0.1, 0.15) is 5.01 Å². The van der Waals surface area contributed by atoms with Crippen molar-refractivity contribution in [2.75, 3.05) is 6.54 Å². The molecule has 0 bridgehead atoms. The minimum atomic E-state index is 0.606. The Kier molecular flexibility index (Phi) is 4.82. The van der Waals surface area contributed by atoms with E-state index in [2.05, 4.69) is 29.5 Å². The summed E-state index contributed by atoms with van der Waals surface area (Å²) >= 11 is 6.73. The van der Waals surface area contributed by atoms with Crippen molar-refractivity contribution in [3.63, 3.8) is 0 Å². The molecule has 0 amide bonds. The monoisotopic (exact) mass is 229 g/mol. The van der Waals surface area contributed by atoms with E-state index in [4.69, 9.17) is 12.2 Å². The van der Waals surface area contributed by atoms with E-state index in [1.165, 1.54) is 0 Å². The van der Waals surface area contributed by atoms with Crippen LogP contribution in [-0.2, 0) is 6.54 Å². The Morgan fingerprint density at radius 2 is 2.36 bits per heavy atom. The van der Waals surface area contributed by atoms with Crippen molar-refractivity contribution < 1.29 is 0 Å². The molecule has 3 nitrogen and oxygen atoms in total. The summed E-state index contributed by atoms with van der Waals surface area (Å²) in [4.78, 5) is 4.15. The SMILES string of the molecule is CC(C)CNC(=S)NCc1nccs1. The van der Waals surface area contributed by atoms with Gasteiger partial charge in [0.25, 0.3) is 0 Å². The van der Waals surface area contributed by atoms with Crippen LogP contribution in [0.15, 0.2) is 11.6 Å². The zero-order chi connectivity index (χ0) is 10.4. The minimum absolute atomic E-state index is 0.606. The Balaban J connectivity index is 2.15. The third-order valence-electron chi connectivity index (χ3n) is 1.55. The molecule has 0 aliphatic heterocycles. The molecule has 5 heteroatoms. The van der Waals surface area contributed by atoms with Gasteiger partial charge in [-0.15, -0.1) is 11.3 Å². The largest absolute Gasteiger partial charge is 0.362 e. The van der Waals surface area contributed by atoms with Crippen LogP contribution in [-0.4, -0.2) is 16.6 Å². The van der Waals surface area contributed by atoms with Gasteiger partial charge in [-0.25, -0.2) is 4.98 Å². The second-order valence-electron chi connectivity index (χ2n) is 3.38. The fourth-order valence-electron chi connectivity index (χ4n) is 0.855. The fraction of sp³-hybridized carbons (Fsp3) is 0.556. The molecule has 0 saturated heterocycles. The smallest absolute Gasteiger partial charge is 0.166 e. The van der Waals surface area contributed by atoms with E-state index in [1.54, 1.807) is 17.5 Å². The summed E-state index contributed by atoms with van der Waals surface area (Å²) in [6.07, 6.45) is 1.80. The summed E-state index contributed by atoms with van der Waals surface area (Å²) in [5, 5.41) is 9.97. The van der Waals surface area contributed by atoms with Crippen LogP contribution in [0.2, 0.25) is 0 Å². The third-order valence-corrected chi connectivity index (χ3v) is 2.62. The van der Waals surface area contributed by atoms with E-state index < -0.39 is 0 Å². The molecule has 0 atom stereocenters. The van der Waals surface area contributed by atoms with Crippen molar-refractivity contribution >= 4 is 28.7 Å². The van der Waals surface area contributed by atoms with Crippen LogP contribution < -0.4 is 10.6 Å². The molecule has 0 aliphatic rings. The summed E-state index contributed by atoms with van der Waals surface area (Å²) in [6, 6.07) is 0. The first-order chi connectivity index (χ1) is 6.68. The number of thiazole rings is 1. The molecule has 78 valence electrons. The average molecular weight is 229 g/mol. The minimum Gasteiger partial charge on any atom is -0.362 e. The van der Waals surface area contributed by atoms with Gasteiger partial charge in [0.15, 0.2) is 5.11 Å². The van der Waals surface area contributed by atoms with E-state index >= 15 is 0 Å². The first-order valence-electron chi connectivity index (χ1n) is 4.58. The number of thiocarbonyl (C=S) groups is 1. The standard InChI is InChI=1S/C9H15N3S2/c1-7(2)5-11-9(13)12-6-8-10-3-4-14-8/h3-4,7H,5-6H2,1-2H3,(H2,11,12,13). The van der Waals surface area contributed by atoms with Crippen LogP contribution in [0, 0.1) is 5.92 Å². The Labute approximate surface area is 93.9 Å². The molecule has 1 rings (SSSR count). The Bertz CT molecular complexity index is 270. The maximum atomic E-state index is 5.10. The van der Waals surface area contributed by atoms with Crippen LogP contribution in [0.3, 0.4) is 0 Å². The third kappa shape index (κ3) is 4.53. The number of rotatable bonds is 4. The van der Waals surface area contributed by atoms with Crippen LogP contribution >= 0.6 is 23.6 Å². The lowest BCUT2D eigenvalue weighted by Crippen LogP contribution is -2.36. The lowest BCUT2D eigenvalue weighted by molar-refractivity contribution is 0.619. The number of nitrogens with zero attached hydrogens (tertiary/aromatic N) is 1. The first kappa shape index (κ1) is 11.4. The summed E-state index contributed by atoms with van der Waals surface area (Å²) in [5.41, 5.74) is 0. The van der Waals surface area contributed by atoms with Gasteiger partial charge in [0.2, 0.25) is 0 Å². The molecule has 0 saturated carbocycles. The summed E-state index contributed by atoms with van der Waals surface area (Å²) in [5.74, 6) is 0.606. The normalized spacial score (nSPS) is 10.2. The Hall–Kier alpha value is -0.680. The van der Waals surface area contributed by atoms with E-state index in [1.807, 2.05) is 5.38 Å². The molecule has 0 aliphatic carbocycles. The average Bonchev–Trinajstić information content (AvgIpc) is 2.63. The van der Waals surface area contributed by atoms with Crippen molar-refractivity contribution in [2.24, 2.45) is 5.92 Å². The van der Waals surface area contributed by atoms with E-state index in [0.717, 1.165) is 11.6 Å². The first-order valence-corrected chi connectivity index (χ1v) is 5.87. The lowest BCUT2D eigenvalue weighted by Gasteiger charge is -2.10. The quantitative estimate of drug-likeness (QED) is 0.772. The van der Waals surface area contributed by atoms with Gasteiger partial charge in [0.05, 0.1) is 6.54 Å². The van der Waals surface area contributed by atoms with E-state index in [-0.39, 0.29) is 0 Å². The molecule has 1 aromatic rings. The van der Waals surface area contributed by atoms with Gasteiger partial charge >= 0.3 is 0 Å². The molecule has 0 radical (unpaired) electrons. The number of nitrogens with one attached hydrogen (secondary N) is 2. The number of hydrogen-bond acceptors (Lipinski definition) is 3. The predicted octanol–water partition coefficient (Wildman–Crippen LogP) is 1.76. The second kappa shape index (κ2) is 5.93. The van der Waals surface area contributed by atoms with Gasteiger partial charge in [-0.2, -0.15) is 0 Å². The molecule has 14 heavy (non-hydrogen) atoms. The van der Waals surface area contributed by atoms with Crippen molar-refractivity contribution in [1.29, 1.82) is 0 Å². The Morgan fingerprint density at radius 3 is 2.93 bits per heavy atom. The van der Waals surface area contributed by atoms with Crippen molar-refractivity contribution in [3.05, 3.63) is 16.6 Å². The molecule has 0 fully saturated rings. The highest BCUT2D eigenvalue weighted by Gasteiger charge is 1.98. The maximum Gasteiger partial charge on any atom is 0.166 e. The number of hydrogen-bond donors (Lipinski definition) is 2. The molecular formula is C9H15N3S2. The van der Waals surface area contributed by atoms with E-state index in [0.29, 0.717) is 17.6 Å². The van der Waals surface area contributed by atoms with Crippen molar-refractivity contribution in [1.82, 2.24) is 15.6 Å². The highest BCUT2D eigenvalue weighted by atomic mass is 32.1. The predicted molar refractivity (Wildman–Crippen MR) is 64.4 cm³/mol. The highest BCUT2D eigenvalue weighted by molar-refractivity contribution is 7.80. The molecule has 1 aromatic heterocycles. The maximum absolute atomic E-state index is 5.10. The molecule has 2 N–H and O–H groups in total. The molecule has 0 unspecified atom stereocenters. The number of aromatic nitrogens is 1. The van der Waals surface area contributed by atoms with Crippen molar-refractivity contribution in [3.8, 4) is 0 Å². The topological polar surface area (TPSA) is 37.0 Å². The van der Waals surface area contributed by atoms with Gasteiger partial charge in [0, 0.05) is 18.1 Å². The lowest BCUT2D eigenvalue weighted by atomic mass is 10.2. The summed E-state index contributed by atoms with van der Waals surface area (Å²) in [7, 11) is 0. The van der Waals surface area contributed by atoms with E-state index in [9.17, 15) is 0 Å². The van der Waals surface area contributed by atoms with Crippen LogP contribution in [0.4, 0.5) is 0 Å². The van der Waals surface area contributed by atoms with Gasteiger partial charge in [-0.05, 0) is 18.1 Å². The molecular weight excluding hydrogens is 214 g/mol. The van der Waals surface area contributed by atoms with Gasteiger partial charge in [-0.1, -0.05) is 13.8 Å². The Morgan fingerprint density at radius 1 is 1.57 bits per heavy atom. The van der Waals surface area contributed by atoms with Crippen LogP contribution in [0.1, 0.15) is 18.9 Å². The zero-order valence-electron chi connectivity index (χ0n) is 8.41. The van der Waals surface area contributed by atoms with Crippen LogP contribution in [0.25, 0.3) is 0 Å².